The van der Waals surface area contributed by atoms with Gasteiger partial charge in [0.25, 0.3) is 11.6 Å². The predicted molar refractivity (Wildman–Crippen MR) is 108 cm³/mol. The van der Waals surface area contributed by atoms with E-state index in [1.165, 1.54) is 31.7 Å². The van der Waals surface area contributed by atoms with Gasteiger partial charge in [-0.1, -0.05) is 24.3 Å². The number of nitro groups is 1. The first-order valence-electron chi connectivity index (χ1n) is 9.31. The molecule has 2 aromatic rings. The molecule has 8 nitrogen and oxygen atoms in total. The number of hydrogen-bond donors (Lipinski definition) is 1. The molecule has 0 saturated heterocycles. The Bertz CT molecular complexity index is 959. The number of esters is 1. The summed E-state index contributed by atoms with van der Waals surface area (Å²) in [6, 6.07) is 11.6. The zero-order valence-corrected chi connectivity index (χ0v) is 16.5. The first kappa shape index (κ1) is 20.3. The highest BCUT2D eigenvalue weighted by Gasteiger charge is 2.30. The summed E-state index contributed by atoms with van der Waals surface area (Å²) in [6.07, 6.45) is 1.79. The standard InChI is InChI=1S/C21H23N3O5/c1-13(21(26)29-3)22-20(25)15-9-11-18(19(12-15)24(27)28)23(2)17-10-8-14-6-4-5-7-16(14)17/h4-7,9,11-13,17H,8,10H2,1-3H3,(H,22,25). The highest BCUT2D eigenvalue weighted by molar-refractivity contribution is 5.98. The van der Waals surface area contributed by atoms with Crippen LogP contribution in [-0.2, 0) is 16.0 Å². The van der Waals surface area contributed by atoms with Crippen molar-refractivity contribution in [3.63, 3.8) is 0 Å². The van der Waals surface area contributed by atoms with E-state index in [0.717, 1.165) is 18.4 Å². The third-order valence-corrected chi connectivity index (χ3v) is 5.29. The highest BCUT2D eigenvalue weighted by atomic mass is 16.6. The smallest absolute Gasteiger partial charge is 0.328 e. The number of nitrogens with zero attached hydrogens (tertiary/aromatic N) is 2. The molecule has 0 bridgehead atoms. The second kappa shape index (κ2) is 8.30. The number of rotatable bonds is 6. The molecule has 0 aromatic heterocycles. The molecule has 8 heteroatoms. The Balaban J connectivity index is 1.88. The number of methoxy groups -OCH3 is 1. The molecule has 2 atom stereocenters. The van der Waals surface area contributed by atoms with Crippen LogP contribution in [0.1, 0.15) is 40.9 Å². The monoisotopic (exact) mass is 397 g/mol. The van der Waals surface area contributed by atoms with Crippen LogP contribution < -0.4 is 10.2 Å². The van der Waals surface area contributed by atoms with Gasteiger partial charge in [0.15, 0.2) is 0 Å². The van der Waals surface area contributed by atoms with Gasteiger partial charge in [-0.15, -0.1) is 0 Å². The quantitative estimate of drug-likeness (QED) is 0.457. The normalized spacial score (nSPS) is 15.9. The number of fused-ring (bicyclic) bond motifs is 1. The van der Waals surface area contributed by atoms with Crippen LogP contribution >= 0.6 is 0 Å². The highest BCUT2D eigenvalue weighted by Crippen LogP contribution is 2.40. The van der Waals surface area contributed by atoms with E-state index < -0.39 is 22.8 Å². The minimum atomic E-state index is -0.858. The molecule has 0 aliphatic heterocycles. The van der Waals surface area contributed by atoms with E-state index in [1.54, 1.807) is 6.07 Å². The van der Waals surface area contributed by atoms with Gasteiger partial charge in [0.2, 0.25) is 0 Å². The molecule has 0 spiro atoms. The molecule has 1 amide bonds. The second-order valence-electron chi connectivity index (χ2n) is 7.04. The maximum atomic E-state index is 12.4. The molecule has 2 aromatic carbocycles. The fourth-order valence-corrected chi connectivity index (χ4v) is 3.73. The van der Waals surface area contributed by atoms with Gasteiger partial charge in [-0.2, -0.15) is 0 Å². The van der Waals surface area contributed by atoms with E-state index in [9.17, 15) is 19.7 Å². The van der Waals surface area contributed by atoms with Crippen LogP contribution in [0.2, 0.25) is 0 Å². The van der Waals surface area contributed by atoms with Crippen LogP contribution in [0, 0.1) is 10.1 Å². The number of carbonyl (C=O) groups is 2. The number of benzene rings is 2. The summed E-state index contributed by atoms with van der Waals surface area (Å²) < 4.78 is 4.58. The Labute approximate surface area is 168 Å². The Morgan fingerprint density at radius 1 is 1.28 bits per heavy atom. The zero-order chi connectivity index (χ0) is 21.1. The third-order valence-electron chi connectivity index (χ3n) is 5.29. The topological polar surface area (TPSA) is 102 Å². The summed E-state index contributed by atoms with van der Waals surface area (Å²) in [5.41, 5.74) is 2.80. The van der Waals surface area contributed by atoms with E-state index in [2.05, 4.69) is 16.1 Å². The molecular formula is C21H23N3O5. The molecule has 1 aliphatic rings. The number of nitro benzene ring substituents is 1. The van der Waals surface area contributed by atoms with E-state index in [0.29, 0.717) is 5.69 Å². The lowest BCUT2D eigenvalue weighted by molar-refractivity contribution is -0.384. The van der Waals surface area contributed by atoms with Crippen molar-refractivity contribution < 1.29 is 19.2 Å². The summed E-state index contributed by atoms with van der Waals surface area (Å²) in [6.45, 7) is 1.48. The molecule has 1 aliphatic carbocycles. The minimum absolute atomic E-state index is 0.0314. The lowest BCUT2D eigenvalue weighted by atomic mass is 10.1. The van der Waals surface area contributed by atoms with Crippen molar-refractivity contribution in [2.45, 2.75) is 31.8 Å². The summed E-state index contributed by atoms with van der Waals surface area (Å²) in [5, 5.41) is 14.2. The largest absolute Gasteiger partial charge is 0.467 e. The van der Waals surface area contributed by atoms with E-state index in [1.807, 2.05) is 30.1 Å². The van der Waals surface area contributed by atoms with Crippen LogP contribution in [0.3, 0.4) is 0 Å². The van der Waals surface area contributed by atoms with E-state index >= 15 is 0 Å². The molecule has 0 saturated carbocycles. The molecule has 0 radical (unpaired) electrons. The van der Waals surface area contributed by atoms with Crippen molar-refractivity contribution in [1.82, 2.24) is 5.32 Å². The molecule has 1 N–H and O–H groups in total. The number of amides is 1. The van der Waals surface area contributed by atoms with Gasteiger partial charge in [-0.25, -0.2) is 4.79 Å². The average Bonchev–Trinajstić information content (AvgIpc) is 3.16. The van der Waals surface area contributed by atoms with Crippen molar-refractivity contribution in [3.8, 4) is 0 Å². The van der Waals surface area contributed by atoms with E-state index in [4.69, 9.17) is 0 Å². The number of hydrogen-bond acceptors (Lipinski definition) is 6. The second-order valence-corrected chi connectivity index (χ2v) is 7.04. The van der Waals surface area contributed by atoms with Crippen LogP contribution in [0.25, 0.3) is 0 Å². The van der Waals surface area contributed by atoms with Gasteiger partial charge in [0.05, 0.1) is 18.1 Å². The molecule has 29 heavy (non-hydrogen) atoms. The minimum Gasteiger partial charge on any atom is -0.467 e. The Morgan fingerprint density at radius 2 is 2.00 bits per heavy atom. The van der Waals surface area contributed by atoms with Gasteiger partial charge in [-0.3, -0.25) is 14.9 Å². The Morgan fingerprint density at radius 3 is 2.69 bits per heavy atom. The first-order chi connectivity index (χ1) is 13.8. The number of aryl methyl sites for hydroxylation is 1. The third kappa shape index (κ3) is 4.06. The maximum absolute atomic E-state index is 12.4. The van der Waals surface area contributed by atoms with Crippen LogP contribution in [0.5, 0.6) is 0 Å². The molecule has 152 valence electrons. The molecule has 3 rings (SSSR count). The van der Waals surface area contributed by atoms with Gasteiger partial charge >= 0.3 is 5.97 Å². The number of ether oxygens (including phenoxy) is 1. The van der Waals surface area contributed by atoms with Crippen LogP contribution in [0.15, 0.2) is 42.5 Å². The SMILES string of the molecule is COC(=O)C(C)NC(=O)c1ccc(N(C)C2CCc3ccccc32)c([N+](=O)[O-])c1. The lowest BCUT2D eigenvalue weighted by Gasteiger charge is -2.27. The fourth-order valence-electron chi connectivity index (χ4n) is 3.73. The summed E-state index contributed by atoms with van der Waals surface area (Å²) >= 11 is 0. The molecule has 0 heterocycles. The molecule has 2 unspecified atom stereocenters. The Kier molecular flexibility index (Phi) is 5.81. The fraction of sp³-hybridized carbons (Fsp3) is 0.333. The van der Waals surface area contributed by atoms with Crippen LogP contribution in [0.4, 0.5) is 11.4 Å². The number of anilines is 1. The average molecular weight is 397 g/mol. The van der Waals surface area contributed by atoms with Gasteiger partial charge in [0, 0.05) is 18.7 Å². The van der Waals surface area contributed by atoms with Crippen molar-refractivity contribution in [1.29, 1.82) is 0 Å². The van der Waals surface area contributed by atoms with Gasteiger partial charge in [0.1, 0.15) is 11.7 Å². The van der Waals surface area contributed by atoms with Crippen molar-refractivity contribution in [2.75, 3.05) is 19.1 Å². The first-order valence-corrected chi connectivity index (χ1v) is 9.31. The maximum Gasteiger partial charge on any atom is 0.328 e. The predicted octanol–water partition coefficient (Wildman–Crippen LogP) is 3.01. The van der Waals surface area contributed by atoms with Gasteiger partial charge in [-0.05, 0) is 43.0 Å². The van der Waals surface area contributed by atoms with Crippen LogP contribution in [-0.4, -0.2) is 37.0 Å². The number of nitrogens with one attached hydrogen (secondary N) is 1. The number of carbonyl (C=O) groups excluding carboxylic acids is 2. The molecule has 0 fully saturated rings. The van der Waals surface area contributed by atoms with Crippen molar-refractivity contribution in [2.24, 2.45) is 0 Å². The van der Waals surface area contributed by atoms with Gasteiger partial charge < -0.3 is 15.0 Å². The summed E-state index contributed by atoms with van der Waals surface area (Å²) in [7, 11) is 3.05. The zero-order valence-electron chi connectivity index (χ0n) is 16.5. The molecular weight excluding hydrogens is 374 g/mol. The van der Waals surface area contributed by atoms with E-state index in [-0.39, 0.29) is 17.3 Å². The van der Waals surface area contributed by atoms with Crippen molar-refractivity contribution >= 4 is 23.3 Å². The summed E-state index contributed by atoms with van der Waals surface area (Å²) in [5.74, 6) is -1.17. The Hall–Kier alpha value is -3.42. The lowest BCUT2D eigenvalue weighted by Crippen LogP contribution is -2.39. The van der Waals surface area contributed by atoms with Crippen molar-refractivity contribution in [3.05, 3.63) is 69.3 Å². The summed E-state index contributed by atoms with van der Waals surface area (Å²) in [4.78, 5) is 37.0.